The normalized spacial score (nSPS) is 28.2. The zero-order valence-electron chi connectivity index (χ0n) is 14.5. The Morgan fingerprint density at radius 3 is 2.91 bits per heavy atom. The molecule has 1 saturated heterocycles. The van der Waals surface area contributed by atoms with Crippen molar-refractivity contribution in [3.8, 4) is 0 Å². The first-order valence-corrected chi connectivity index (χ1v) is 8.91. The van der Waals surface area contributed by atoms with Crippen molar-refractivity contribution >= 4 is 5.96 Å². The van der Waals surface area contributed by atoms with Crippen LogP contribution in [0.15, 0.2) is 4.99 Å². The van der Waals surface area contributed by atoms with Crippen LogP contribution in [0.2, 0.25) is 0 Å². The fourth-order valence-electron chi connectivity index (χ4n) is 3.22. The molecule has 0 amide bonds. The molecule has 5 heteroatoms. The van der Waals surface area contributed by atoms with Gasteiger partial charge in [0, 0.05) is 38.7 Å². The van der Waals surface area contributed by atoms with Gasteiger partial charge in [0.2, 0.25) is 0 Å². The van der Waals surface area contributed by atoms with E-state index in [2.05, 4.69) is 24.1 Å². The number of rotatable bonds is 9. The minimum atomic E-state index is 0.617. The van der Waals surface area contributed by atoms with E-state index >= 15 is 0 Å². The lowest BCUT2D eigenvalue weighted by atomic mass is 10.1. The van der Waals surface area contributed by atoms with Gasteiger partial charge in [-0.05, 0) is 32.1 Å². The Morgan fingerprint density at radius 2 is 2.18 bits per heavy atom. The van der Waals surface area contributed by atoms with Crippen LogP contribution in [0.1, 0.15) is 39.5 Å². The number of ether oxygens (including phenoxy) is 2. The summed E-state index contributed by atoms with van der Waals surface area (Å²) in [5.41, 5.74) is 0. The van der Waals surface area contributed by atoms with Crippen LogP contribution in [0.5, 0.6) is 0 Å². The minimum Gasteiger partial charge on any atom is -0.382 e. The molecule has 2 fully saturated rings. The summed E-state index contributed by atoms with van der Waals surface area (Å²) in [6.45, 7) is 9.59. The van der Waals surface area contributed by atoms with E-state index < -0.39 is 0 Å². The number of nitrogens with one attached hydrogen (secondary N) is 1. The predicted octanol–water partition coefficient (Wildman–Crippen LogP) is 2.13. The monoisotopic (exact) mass is 311 g/mol. The minimum absolute atomic E-state index is 0.617. The van der Waals surface area contributed by atoms with Gasteiger partial charge in [-0.3, -0.25) is 4.99 Å². The maximum atomic E-state index is 5.68. The van der Waals surface area contributed by atoms with Crippen molar-refractivity contribution in [3.63, 3.8) is 0 Å². The topological polar surface area (TPSA) is 46.1 Å². The van der Waals surface area contributed by atoms with Crippen LogP contribution in [0, 0.1) is 11.8 Å². The molecule has 5 nitrogen and oxygen atoms in total. The Morgan fingerprint density at radius 1 is 1.32 bits per heavy atom. The molecule has 0 aromatic carbocycles. The Hall–Kier alpha value is -0.810. The zero-order valence-corrected chi connectivity index (χ0v) is 14.5. The summed E-state index contributed by atoms with van der Waals surface area (Å²) >= 11 is 0. The lowest BCUT2D eigenvalue weighted by Gasteiger charge is -2.22. The molecule has 1 heterocycles. The van der Waals surface area contributed by atoms with Crippen LogP contribution >= 0.6 is 0 Å². The fourth-order valence-corrected chi connectivity index (χ4v) is 3.22. The molecule has 3 unspecified atom stereocenters. The summed E-state index contributed by atoms with van der Waals surface area (Å²) in [6, 6.07) is 0.655. The third-order valence-corrected chi connectivity index (χ3v) is 4.58. The van der Waals surface area contributed by atoms with Crippen LogP contribution in [-0.4, -0.2) is 63.5 Å². The number of methoxy groups -OCH3 is 1. The van der Waals surface area contributed by atoms with E-state index in [1.807, 2.05) is 0 Å². The van der Waals surface area contributed by atoms with Crippen molar-refractivity contribution in [2.75, 3.05) is 46.6 Å². The standard InChI is InChI=1S/C17H33N3O2/c1-4-6-15-11-16(15)19-17(18-5-2)20-8-7-14(12-20)13-22-10-9-21-3/h14-16H,4-13H2,1-3H3,(H,18,19). The van der Waals surface area contributed by atoms with Gasteiger partial charge >= 0.3 is 0 Å². The quantitative estimate of drug-likeness (QED) is 0.402. The van der Waals surface area contributed by atoms with Gasteiger partial charge in [-0.2, -0.15) is 0 Å². The van der Waals surface area contributed by atoms with Crippen molar-refractivity contribution in [2.45, 2.75) is 45.6 Å². The summed E-state index contributed by atoms with van der Waals surface area (Å²) in [7, 11) is 1.71. The van der Waals surface area contributed by atoms with E-state index in [4.69, 9.17) is 14.5 Å². The van der Waals surface area contributed by atoms with Crippen molar-refractivity contribution in [3.05, 3.63) is 0 Å². The second-order valence-corrected chi connectivity index (χ2v) is 6.50. The van der Waals surface area contributed by atoms with Crippen molar-refractivity contribution in [1.82, 2.24) is 10.2 Å². The molecule has 0 radical (unpaired) electrons. The fraction of sp³-hybridized carbons (Fsp3) is 0.941. The smallest absolute Gasteiger partial charge is 0.194 e. The molecule has 0 bridgehead atoms. The van der Waals surface area contributed by atoms with Crippen LogP contribution in [-0.2, 0) is 9.47 Å². The van der Waals surface area contributed by atoms with Gasteiger partial charge in [-0.25, -0.2) is 0 Å². The molecule has 1 aliphatic carbocycles. The highest BCUT2D eigenvalue weighted by molar-refractivity contribution is 5.81. The van der Waals surface area contributed by atoms with E-state index in [1.54, 1.807) is 7.11 Å². The molecule has 1 aliphatic heterocycles. The predicted molar refractivity (Wildman–Crippen MR) is 90.3 cm³/mol. The number of likely N-dealkylation sites (tertiary alicyclic amines) is 1. The van der Waals surface area contributed by atoms with E-state index in [0.29, 0.717) is 25.2 Å². The lowest BCUT2D eigenvalue weighted by molar-refractivity contribution is 0.0536. The van der Waals surface area contributed by atoms with Crippen molar-refractivity contribution in [2.24, 2.45) is 16.8 Å². The van der Waals surface area contributed by atoms with Gasteiger partial charge in [0.1, 0.15) is 0 Å². The molecular weight excluding hydrogens is 278 g/mol. The van der Waals surface area contributed by atoms with E-state index in [-0.39, 0.29) is 0 Å². The van der Waals surface area contributed by atoms with Crippen LogP contribution in [0.4, 0.5) is 0 Å². The van der Waals surface area contributed by atoms with Gasteiger partial charge < -0.3 is 19.7 Å². The number of guanidine groups is 1. The zero-order chi connectivity index (χ0) is 15.8. The number of aliphatic imine (C=N–C) groups is 1. The molecule has 2 aliphatic rings. The first-order valence-electron chi connectivity index (χ1n) is 8.91. The lowest BCUT2D eigenvalue weighted by Crippen LogP contribution is -2.42. The van der Waals surface area contributed by atoms with Crippen LogP contribution in [0.25, 0.3) is 0 Å². The first-order chi connectivity index (χ1) is 10.8. The molecule has 0 aromatic rings. The van der Waals surface area contributed by atoms with Crippen LogP contribution in [0.3, 0.4) is 0 Å². The number of nitrogens with zero attached hydrogens (tertiary/aromatic N) is 2. The van der Waals surface area contributed by atoms with Crippen molar-refractivity contribution in [1.29, 1.82) is 0 Å². The molecule has 128 valence electrons. The average molecular weight is 311 g/mol. The Labute approximate surface area is 135 Å². The highest BCUT2D eigenvalue weighted by atomic mass is 16.5. The van der Waals surface area contributed by atoms with Gasteiger partial charge in [-0.15, -0.1) is 0 Å². The number of hydrogen-bond donors (Lipinski definition) is 1. The Balaban J connectivity index is 1.72. The second kappa shape index (κ2) is 9.36. The van der Waals surface area contributed by atoms with Gasteiger partial charge in [0.15, 0.2) is 5.96 Å². The molecule has 2 rings (SSSR count). The molecule has 3 atom stereocenters. The Bertz CT molecular complexity index is 349. The molecule has 22 heavy (non-hydrogen) atoms. The molecule has 1 N–H and O–H groups in total. The highest BCUT2D eigenvalue weighted by Gasteiger charge is 2.38. The van der Waals surface area contributed by atoms with Gasteiger partial charge in [0.05, 0.1) is 19.8 Å². The number of hydrogen-bond acceptors (Lipinski definition) is 3. The summed E-state index contributed by atoms with van der Waals surface area (Å²) in [4.78, 5) is 7.11. The van der Waals surface area contributed by atoms with E-state index in [1.165, 1.54) is 25.7 Å². The summed E-state index contributed by atoms with van der Waals surface area (Å²) in [5.74, 6) is 2.60. The van der Waals surface area contributed by atoms with Gasteiger partial charge in [-0.1, -0.05) is 13.3 Å². The summed E-state index contributed by atoms with van der Waals surface area (Å²) < 4.78 is 10.7. The largest absolute Gasteiger partial charge is 0.382 e. The third kappa shape index (κ3) is 5.43. The molecular formula is C17H33N3O2. The molecule has 0 spiro atoms. The third-order valence-electron chi connectivity index (χ3n) is 4.58. The molecule has 0 aromatic heterocycles. The van der Waals surface area contributed by atoms with Crippen molar-refractivity contribution < 1.29 is 9.47 Å². The summed E-state index contributed by atoms with van der Waals surface area (Å²) in [5, 5.41) is 3.68. The Kier molecular flexibility index (Phi) is 7.46. The van der Waals surface area contributed by atoms with Crippen LogP contribution < -0.4 is 5.32 Å². The van der Waals surface area contributed by atoms with Gasteiger partial charge in [0.25, 0.3) is 0 Å². The van der Waals surface area contributed by atoms with E-state index in [0.717, 1.165) is 38.1 Å². The summed E-state index contributed by atoms with van der Waals surface area (Å²) in [6.07, 6.45) is 5.13. The average Bonchev–Trinajstić information content (AvgIpc) is 3.07. The highest BCUT2D eigenvalue weighted by Crippen LogP contribution is 2.34. The maximum Gasteiger partial charge on any atom is 0.194 e. The van der Waals surface area contributed by atoms with E-state index in [9.17, 15) is 0 Å². The molecule has 1 saturated carbocycles. The first kappa shape index (κ1) is 17.5. The second-order valence-electron chi connectivity index (χ2n) is 6.50. The maximum absolute atomic E-state index is 5.68. The SMILES string of the molecule is CCCC1CC1NC(=NCC)N1CCC(COCCOC)C1.